The lowest BCUT2D eigenvalue weighted by molar-refractivity contribution is -0.142. The Labute approximate surface area is 162 Å². The quantitative estimate of drug-likeness (QED) is 0.521. The average Bonchev–Trinajstić information content (AvgIpc) is 3.16. The summed E-state index contributed by atoms with van der Waals surface area (Å²) in [6.07, 6.45) is 3.32. The van der Waals surface area contributed by atoms with E-state index in [1.54, 1.807) is 69.6 Å². The number of ether oxygens (including phenoxy) is 1. The minimum Gasteiger partial charge on any atom is -0.426 e. The Bertz CT molecular complexity index is 960. The molecule has 2 heterocycles. The summed E-state index contributed by atoms with van der Waals surface area (Å²) >= 11 is 0. The van der Waals surface area contributed by atoms with Crippen molar-refractivity contribution in [3.05, 3.63) is 60.2 Å². The zero-order valence-corrected chi connectivity index (χ0v) is 15.9. The molecule has 0 bridgehead atoms. The summed E-state index contributed by atoms with van der Waals surface area (Å²) in [7, 11) is 0. The number of hydrogen-bond donors (Lipinski definition) is 2. The van der Waals surface area contributed by atoms with Crippen LogP contribution >= 0.6 is 0 Å². The number of nitrogens with one attached hydrogen (secondary N) is 2. The Morgan fingerprint density at radius 3 is 2.39 bits per heavy atom. The molecule has 0 aliphatic rings. The maximum absolute atomic E-state index is 12.3. The van der Waals surface area contributed by atoms with E-state index in [-0.39, 0.29) is 18.4 Å². The molecule has 3 rings (SSSR count). The van der Waals surface area contributed by atoms with Crippen LogP contribution in [0.3, 0.4) is 0 Å². The number of pyridine rings is 1. The zero-order chi connectivity index (χ0) is 20.1. The normalized spacial score (nSPS) is 11.1. The second kappa shape index (κ2) is 7.99. The van der Waals surface area contributed by atoms with Crippen molar-refractivity contribution in [3.8, 4) is 17.1 Å². The van der Waals surface area contributed by atoms with Gasteiger partial charge in [-0.2, -0.15) is 5.10 Å². The third-order valence-corrected chi connectivity index (χ3v) is 3.83. The van der Waals surface area contributed by atoms with E-state index in [4.69, 9.17) is 4.74 Å². The van der Waals surface area contributed by atoms with Crippen molar-refractivity contribution in [2.45, 2.75) is 27.3 Å². The van der Waals surface area contributed by atoms with E-state index in [1.807, 2.05) is 0 Å². The summed E-state index contributed by atoms with van der Waals surface area (Å²) < 4.78 is 5.29. The molecule has 0 spiro atoms. The van der Waals surface area contributed by atoms with Gasteiger partial charge < -0.3 is 10.1 Å². The molecule has 0 aliphatic carbocycles. The van der Waals surface area contributed by atoms with Crippen molar-refractivity contribution in [1.29, 1.82) is 0 Å². The zero-order valence-electron chi connectivity index (χ0n) is 15.9. The van der Waals surface area contributed by atoms with Crippen LogP contribution in [0.15, 0.2) is 48.8 Å². The smallest absolute Gasteiger partial charge is 0.316 e. The molecule has 1 amide bonds. The molecule has 2 aromatic heterocycles. The van der Waals surface area contributed by atoms with Crippen LogP contribution in [0.4, 0.5) is 0 Å². The Morgan fingerprint density at radius 1 is 1.07 bits per heavy atom. The van der Waals surface area contributed by atoms with Gasteiger partial charge >= 0.3 is 5.97 Å². The van der Waals surface area contributed by atoms with Crippen LogP contribution in [0.1, 0.15) is 37.0 Å². The summed E-state index contributed by atoms with van der Waals surface area (Å²) in [6.45, 7) is 5.54. The molecule has 3 aromatic rings. The van der Waals surface area contributed by atoms with E-state index in [2.05, 4.69) is 25.5 Å². The Balaban J connectivity index is 1.57. The van der Waals surface area contributed by atoms with Gasteiger partial charge in [0.05, 0.1) is 12.0 Å². The predicted molar refractivity (Wildman–Crippen MR) is 102 cm³/mol. The second-order valence-corrected chi connectivity index (χ2v) is 7.19. The fourth-order valence-electron chi connectivity index (χ4n) is 2.21. The van der Waals surface area contributed by atoms with E-state index in [1.165, 1.54) is 0 Å². The van der Waals surface area contributed by atoms with Crippen LogP contribution in [0, 0.1) is 5.41 Å². The fraction of sp³-hybridized carbons (Fsp3) is 0.250. The minimum absolute atomic E-state index is 0.206. The first-order chi connectivity index (χ1) is 13.3. The monoisotopic (exact) mass is 379 g/mol. The number of esters is 1. The summed E-state index contributed by atoms with van der Waals surface area (Å²) in [5, 5.41) is 9.71. The number of carbonyl (C=O) groups is 2. The third kappa shape index (κ3) is 4.79. The summed E-state index contributed by atoms with van der Waals surface area (Å²) in [5.41, 5.74) is 0.691. The molecule has 1 aromatic carbocycles. The number of carbonyl (C=O) groups excluding carboxylic acids is 2. The van der Waals surface area contributed by atoms with Gasteiger partial charge in [0, 0.05) is 23.5 Å². The molecule has 0 aliphatic heterocycles. The lowest BCUT2D eigenvalue weighted by Crippen LogP contribution is -2.25. The highest BCUT2D eigenvalue weighted by atomic mass is 16.5. The van der Waals surface area contributed by atoms with Crippen molar-refractivity contribution < 1.29 is 14.3 Å². The minimum atomic E-state index is -0.595. The first-order valence-electron chi connectivity index (χ1n) is 8.75. The molecule has 0 radical (unpaired) electrons. The lowest BCUT2D eigenvalue weighted by atomic mass is 9.97. The van der Waals surface area contributed by atoms with Crippen molar-refractivity contribution in [3.63, 3.8) is 0 Å². The van der Waals surface area contributed by atoms with Gasteiger partial charge in [0.15, 0.2) is 5.82 Å². The molecular weight excluding hydrogens is 358 g/mol. The van der Waals surface area contributed by atoms with Crippen LogP contribution < -0.4 is 10.1 Å². The molecule has 8 nitrogen and oxygen atoms in total. The molecule has 0 atom stereocenters. The number of H-pyrrole nitrogens is 1. The largest absolute Gasteiger partial charge is 0.426 e. The molecule has 0 saturated carbocycles. The van der Waals surface area contributed by atoms with Crippen LogP contribution in [0.25, 0.3) is 11.4 Å². The number of nitrogens with zero attached hydrogens (tertiary/aromatic N) is 3. The van der Waals surface area contributed by atoms with Gasteiger partial charge in [0.1, 0.15) is 11.6 Å². The maximum Gasteiger partial charge on any atom is 0.316 e. The number of aromatic nitrogens is 4. The van der Waals surface area contributed by atoms with Crippen LogP contribution in [-0.4, -0.2) is 32.0 Å². The van der Waals surface area contributed by atoms with Gasteiger partial charge in [0.2, 0.25) is 0 Å². The van der Waals surface area contributed by atoms with Gasteiger partial charge in [-0.3, -0.25) is 19.7 Å². The molecule has 0 unspecified atom stereocenters. The average molecular weight is 379 g/mol. The number of benzene rings is 1. The van der Waals surface area contributed by atoms with Gasteiger partial charge in [-0.15, -0.1) is 0 Å². The number of hydrogen-bond acceptors (Lipinski definition) is 6. The van der Waals surface area contributed by atoms with Crippen molar-refractivity contribution in [1.82, 2.24) is 25.5 Å². The molecule has 0 saturated heterocycles. The van der Waals surface area contributed by atoms with Gasteiger partial charge in [0.25, 0.3) is 5.91 Å². The molecule has 2 N–H and O–H groups in total. The summed E-state index contributed by atoms with van der Waals surface area (Å²) in [5.74, 6) is 0.872. The van der Waals surface area contributed by atoms with Gasteiger partial charge in [-0.1, -0.05) is 0 Å². The first-order valence-corrected chi connectivity index (χ1v) is 8.75. The van der Waals surface area contributed by atoms with E-state index >= 15 is 0 Å². The van der Waals surface area contributed by atoms with E-state index in [0.717, 1.165) is 5.56 Å². The highest BCUT2D eigenvalue weighted by molar-refractivity contribution is 5.94. The SMILES string of the molecule is CC(C)(C)C(=O)Oc1ccc(C(=O)NCc2nc(-c3ccncc3)n[nH]2)cc1. The number of rotatable bonds is 5. The van der Waals surface area contributed by atoms with E-state index in [9.17, 15) is 9.59 Å². The molecule has 0 fully saturated rings. The summed E-state index contributed by atoms with van der Waals surface area (Å²) in [6, 6.07) is 10.00. The Morgan fingerprint density at radius 2 is 1.75 bits per heavy atom. The predicted octanol–water partition coefficient (Wildman–Crippen LogP) is 2.75. The molecule has 8 heteroatoms. The van der Waals surface area contributed by atoms with E-state index < -0.39 is 5.41 Å². The standard InChI is InChI=1S/C20H21N5O3/c1-20(2,3)19(27)28-15-6-4-14(5-7-15)18(26)22-12-16-23-17(25-24-16)13-8-10-21-11-9-13/h4-11H,12H2,1-3H3,(H,22,26)(H,23,24,25). The van der Waals surface area contributed by atoms with Crippen molar-refractivity contribution >= 4 is 11.9 Å². The van der Waals surface area contributed by atoms with Gasteiger partial charge in [-0.05, 0) is 57.2 Å². The van der Waals surface area contributed by atoms with Crippen molar-refractivity contribution in [2.75, 3.05) is 0 Å². The number of aromatic amines is 1. The third-order valence-electron chi connectivity index (χ3n) is 3.83. The lowest BCUT2D eigenvalue weighted by Gasteiger charge is -2.16. The highest BCUT2D eigenvalue weighted by Gasteiger charge is 2.23. The highest BCUT2D eigenvalue weighted by Crippen LogP contribution is 2.20. The van der Waals surface area contributed by atoms with Crippen LogP contribution in [0.2, 0.25) is 0 Å². The number of amides is 1. The Hall–Kier alpha value is -3.55. The first kappa shape index (κ1) is 19.2. The fourth-order valence-corrected chi connectivity index (χ4v) is 2.21. The van der Waals surface area contributed by atoms with Crippen LogP contribution in [0.5, 0.6) is 5.75 Å². The van der Waals surface area contributed by atoms with E-state index in [0.29, 0.717) is 23.0 Å². The summed E-state index contributed by atoms with van der Waals surface area (Å²) in [4.78, 5) is 32.5. The van der Waals surface area contributed by atoms with Crippen LogP contribution in [-0.2, 0) is 11.3 Å². The van der Waals surface area contributed by atoms with Crippen molar-refractivity contribution in [2.24, 2.45) is 5.41 Å². The second-order valence-electron chi connectivity index (χ2n) is 7.19. The molecule has 28 heavy (non-hydrogen) atoms. The molecule has 144 valence electrons. The topological polar surface area (TPSA) is 110 Å². The maximum atomic E-state index is 12.3. The Kier molecular flexibility index (Phi) is 5.49. The van der Waals surface area contributed by atoms with Gasteiger partial charge in [-0.25, -0.2) is 4.98 Å². The molecular formula is C20H21N5O3.